The van der Waals surface area contributed by atoms with Crippen molar-refractivity contribution in [3.05, 3.63) is 47.1 Å². The Bertz CT molecular complexity index is 776. The van der Waals surface area contributed by atoms with E-state index in [0.717, 1.165) is 5.69 Å². The molecular weight excluding hydrogens is 274 g/mol. The van der Waals surface area contributed by atoms with Gasteiger partial charge in [0.2, 0.25) is 0 Å². The molecule has 0 aliphatic carbocycles. The van der Waals surface area contributed by atoms with Crippen molar-refractivity contribution in [2.45, 2.75) is 6.54 Å². The van der Waals surface area contributed by atoms with E-state index in [1.807, 2.05) is 6.07 Å². The molecule has 20 heavy (non-hydrogen) atoms. The Balaban J connectivity index is 1.82. The first-order chi connectivity index (χ1) is 9.65. The number of rotatable bonds is 4. The molecule has 0 aliphatic rings. The van der Waals surface area contributed by atoms with E-state index in [-0.39, 0.29) is 5.56 Å². The second-order valence-electron chi connectivity index (χ2n) is 4.46. The Hall–Kier alpha value is -2.34. The van der Waals surface area contributed by atoms with Crippen LogP contribution in [-0.4, -0.2) is 20.9 Å². The lowest BCUT2D eigenvalue weighted by Gasteiger charge is -2.08. The number of carbonyl (C=O) groups is 1. The lowest BCUT2D eigenvalue weighted by molar-refractivity contribution is 0.0695. The smallest absolute Gasteiger partial charge is 0.339 e. The van der Waals surface area contributed by atoms with Gasteiger partial charge in [-0.05, 0) is 35.0 Å². The molecule has 3 aromatic rings. The quantitative estimate of drug-likeness (QED) is 0.774. The maximum Gasteiger partial charge on any atom is 0.339 e. The summed E-state index contributed by atoms with van der Waals surface area (Å²) in [5.41, 5.74) is 1.85. The van der Waals surface area contributed by atoms with Crippen molar-refractivity contribution in [3.8, 4) is 0 Å². The van der Waals surface area contributed by atoms with Crippen molar-refractivity contribution in [1.82, 2.24) is 9.78 Å². The number of fused-ring (bicyclic) bond motifs is 1. The largest absolute Gasteiger partial charge is 0.478 e. The van der Waals surface area contributed by atoms with Gasteiger partial charge >= 0.3 is 5.97 Å². The molecule has 0 radical (unpaired) electrons. The third-order valence-electron chi connectivity index (χ3n) is 3.20. The minimum Gasteiger partial charge on any atom is -0.478 e. The first-order valence-electron chi connectivity index (χ1n) is 6.10. The third kappa shape index (κ3) is 2.25. The van der Waals surface area contributed by atoms with Gasteiger partial charge in [-0.3, -0.25) is 4.68 Å². The van der Waals surface area contributed by atoms with Crippen LogP contribution in [0.15, 0.2) is 35.8 Å². The normalized spacial score (nSPS) is 10.8. The lowest BCUT2D eigenvalue weighted by Crippen LogP contribution is -2.10. The number of carboxylic acids is 1. The Labute approximate surface area is 119 Å². The van der Waals surface area contributed by atoms with E-state index in [4.69, 9.17) is 5.11 Å². The van der Waals surface area contributed by atoms with Crippen LogP contribution in [0.3, 0.4) is 0 Å². The highest BCUT2D eigenvalue weighted by atomic mass is 32.1. The molecule has 0 amide bonds. The van der Waals surface area contributed by atoms with Crippen molar-refractivity contribution < 1.29 is 9.90 Å². The van der Waals surface area contributed by atoms with Crippen molar-refractivity contribution >= 4 is 33.1 Å². The van der Waals surface area contributed by atoms with Crippen molar-refractivity contribution in [3.63, 3.8) is 0 Å². The van der Waals surface area contributed by atoms with Crippen molar-refractivity contribution in [2.24, 2.45) is 7.05 Å². The van der Waals surface area contributed by atoms with Gasteiger partial charge in [0.15, 0.2) is 0 Å². The molecule has 5 nitrogen and oxygen atoms in total. The maximum atomic E-state index is 11.1. The predicted molar refractivity (Wildman–Crippen MR) is 79.3 cm³/mol. The zero-order valence-electron chi connectivity index (χ0n) is 10.8. The maximum absolute atomic E-state index is 11.1. The van der Waals surface area contributed by atoms with Crippen LogP contribution in [0.4, 0.5) is 5.69 Å². The molecule has 0 aliphatic heterocycles. The zero-order valence-corrected chi connectivity index (χ0v) is 11.6. The Morgan fingerprint density at radius 1 is 1.45 bits per heavy atom. The van der Waals surface area contributed by atoms with Gasteiger partial charge in [0.25, 0.3) is 0 Å². The molecule has 6 heteroatoms. The number of nitrogens with zero attached hydrogens (tertiary/aromatic N) is 2. The number of aromatic carboxylic acids is 1. The molecule has 3 rings (SSSR count). The van der Waals surface area contributed by atoms with Gasteiger partial charge < -0.3 is 10.4 Å². The van der Waals surface area contributed by atoms with Crippen LogP contribution in [0.2, 0.25) is 0 Å². The monoisotopic (exact) mass is 287 g/mol. The summed E-state index contributed by atoms with van der Waals surface area (Å²) in [6.07, 6.45) is 1.38. The highest BCUT2D eigenvalue weighted by Gasteiger charge is 2.14. The van der Waals surface area contributed by atoms with E-state index >= 15 is 0 Å². The molecule has 1 aromatic carbocycles. The first-order valence-corrected chi connectivity index (χ1v) is 6.98. The molecule has 0 fully saturated rings. The molecule has 0 unspecified atom stereocenters. The molecule has 0 bridgehead atoms. The van der Waals surface area contributed by atoms with Gasteiger partial charge in [-0.2, -0.15) is 5.10 Å². The minimum atomic E-state index is -0.955. The van der Waals surface area contributed by atoms with Crippen LogP contribution in [0.25, 0.3) is 10.1 Å². The van der Waals surface area contributed by atoms with E-state index in [2.05, 4.69) is 34.0 Å². The fourth-order valence-corrected chi connectivity index (χ4v) is 2.88. The Morgan fingerprint density at radius 2 is 2.30 bits per heavy atom. The summed E-state index contributed by atoms with van der Waals surface area (Å²) in [5.74, 6) is -0.955. The van der Waals surface area contributed by atoms with Gasteiger partial charge in [0, 0.05) is 17.4 Å². The summed E-state index contributed by atoms with van der Waals surface area (Å²) in [7, 11) is 1.74. The molecule has 102 valence electrons. The average Bonchev–Trinajstić information content (AvgIpc) is 3.02. The summed E-state index contributed by atoms with van der Waals surface area (Å²) < 4.78 is 2.82. The summed E-state index contributed by atoms with van der Waals surface area (Å²) >= 11 is 1.70. The van der Waals surface area contributed by atoms with E-state index < -0.39 is 5.97 Å². The van der Waals surface area contributed by atoms with E-state index in [9.17, 15) is 4.79 Å². The first kappa shape index (κ1) is 12.7. The molecule has 2 N–H and O–H groups in total. The van der Waals surface area contributed by atoms with E-state index in [1.54, 1.807) is 23.1 Å². The number of anilines is 1. The van der Waals surface area contributed by atoms with Crippen LogP contribution >= 0.6 is 11.3 Å². The van der Waals surface area contributed by atoms with Gasteiger partial charge in [-0.25, -0.2) is 4.79 Å². The van der Waals surface area contributed by atoms with Crippen LogP contribution in [0, 0.1) is 0 Å². The van der Waals surface area contributed by atoms with Gasteiger partial charge in [0.1, 0.15) is 5.56 Å². The van der Waals surface area contributed by atoms with Gasteiger partial charge in [-0.15, -0.1) is 11.3 Å². The minimum absolute atomic E-state index is 0.233. The number of hydrogen-bond acceptors (Lipinski definition) is 4. The van der Waals surface area contributed by atoms with Crippen molar-refractivity contribution in [1.29, 1.82) is 0 Å². The molecule has 2 heterocycles. The molecular formula is C14H13N3O2S. The number of aryl methyl sites for hydroxylation is 1. The fraction of sp³-hybridized carbons (Fsp3) is 0.143. The van der Waals surface area contributed by atoms with E-state index in [0.29, 0.717) is 12.2 Å². The SMILES string of the molecule is Cn1ncc(C(=O)O)c1CNc1ccc2sccc2c1. The molecule has 0 atom stereocenters. The van der Waals surface area contributed by atoms with Gasteiger partial charge in [-0.1, -0.05) is 0 Å². The van der Waals surface area contributed by atoms with Crippen LogP contribution < -0.4 is 5.32 Å². The molecule has 0 spiro atoms. The molecule has 2 aromatic heterocycles. The predicted octanol–water partition coefficient (Wildman–Crippen LogP) is 2.95. The number of thiophene rings is 1. The van der Waals surface area contributed by atoms with Crippen molar-refractivity contribution in [2.75, 3.05) is 5.32 Å². The van der Waals surface area contributed by atoms with Crippen LogP contribution in [0.5, 0.6) is 0 Å². The number of carboxylic acid groups (broad SMARTS) is 1. The summed E-state index contributed by atoms with van der Waals surface area (Å²) in [5, 5.41) is 19.6. The van der Waals surface area contributed by atoms with Crippen LogP contribution in [-0.2, 0) is 13.6 Å². The summed E-state index contributed by atoms with van der Waals surface area (Å²) in [6.45, 7) is 0.424. The summed E-state index contributed by atoms with van der Waals surface area (Å²) in [6, 6.07) is 8.18. The number of nitrogens with one attached hydrogen (secondary N) is 1. The molecule has 0 saturated carbocycles. The third-order valence-corrected chi connectivity index (χ3v) is 4.10. The second kappa shape index (κ2) is 4.97. The van der Waals surface area contributed by atoms with E-state index in [1.165, 1.54) is 16.3 Å². The Morgan fingerprint density at radius 3 is 3.10 bits per heavy atom. The highest BCUT2D eigenvalue weighted by Crippen LogP contribution is 2.24. The second-order valence-corrected chi connectivity index (χ2v) is 5.41. The number of hydrogen-bond donors (Lipinski definition) is 2. The topological polar surface area (TPSA) is 67.2 Å². The highest BCUT2D eigenvalue weighted by molar-refractivity contribution is 7.17. The number of benzene rings is 1. The Kier molecular flexibility index (Phi) is 3.15. The van der Waals surface area contributed by atoms with Gasteiger partial charge in [0.05, 0.1) is 18.4 Å². The lowest BCUT2D eigenvalue weighted by atomic mass is 10.2. The van der Waals surface area contributed by atoms with Crippen LogP contribution in [0.1, 0.15) is 16.1 Å². The average molecular weight is 287 g/mol. The zero-order chi connectivity index (χ0) is 14.1. The number of aromatic nitrogens is 2. The summed E-state index contributed by atoms with van der Waals surface area (Å²) in [4.78, 5) is 11.1. The standard InChI is InChI=1S/C14H13N3O2S/c1-17-12(11(7-16-17)14(18)19)8-15-10-2-3-13-9(6-10)4-5-20-13/h2-7,15H,8H2,1H3,(H,18,19). The fourth-order valence-electron chi connectivity index (χ4n) is 2.11. The molecule has 0 saturated heterocycles.